The highest BCUT2D eigenvalue weighted by atomic mass is 35.5. The van der Waals surface area contributed by atoms with Crippen molar-refractivity contribution in [1.29, 1.82) is 0 Å². The molecule has 3 rings (SSSR count). The third kappa shape index (κ3) is 3.78. The molecule has 118 valence electrons. The maximum atomic E-state index is 12.4. The van der Waals surface area contributed by atoms with E-state index in [1.165, 1.54) is 0 Å². The highest BCUT2D eigenvalue weighted by molar-refractivity contribution is 7.10. The van der Waals surface area contributed by atoms with Crippen molar-refractivity contribution in [3.05, 3.63) is 57.2 Å². The monoisotopic (exact) mass is 347 g/mol. The van der Waals surface area contributed by atoms with E-state index in [0.717, 1.165) is 10.4 Å². The van der Waals surface area contributed by atoms with Gasteiger partial charge in [0.2, 0.25) is 5.91 Å². The lowest BCUT2D eigenvalue weighted by atomic mass is 10.0. The number of benzene rings is 1. The largest absolute Gasteiger partial charge is 0.339 e. The Morgan fingerprint density at radius 3 is 2.65 bits per heavy atom. The maximum Gasteiger partial charge on any atom is 0.268 e. The first-order valence-corrected chi connectivity index (χ1v) is 8.34. The van der Waals surface area contributed by atoms with Gasteiger partial charge in [0.25, 0.3) is 5.91 Å². The first-order chi connectivity index (χ1) is 11.1. The van der Waals surface area contributed by atoms with Crippen LogP contribution < -0.4 is 10.7 Å². The quantitative estimate of drug-likeness (QED) is 0.892. The SMILES string of the molecule is O=C1CCC(C(=O)NC(c2ccc(Cl)cc2)c2cccs2)=NN1. The van der Waals surface area contributed by atoms with Crippen molar-refractivity contribution in [2.45, 2.75) is 18.9 Å². The second-order valence-electron chi connectivity index (χ2n) is 5.07. The Kier molecular flexibility index (Phi) is 4.73. The number of nitrogens with one attached hydrogen (secondary N) is 2. The lowest BCUT2D eigenvalue weighted by Crippen LogP contribution is -2.38. The zero-order valence-corrected chi connectivity index (χ0v) is 13.7. The van der Waals surface area contributed by atoms with Crippen LogP contribution in [-0.2, 0) is 9.59 Å². The molecule has 0 fully saturated rings. The van der Waals surface area contributed by atoms with Gasteiger partial charge in [-0.2, -0.15) is 5.10 Å². The summed E-state index contributed by atoms with van der Waals surface area (Å²) in [5.74, 6) is -0.451. The van der Waals surface area contributed by atoms with Crippen molar-refractivity contribution in [3.63, 3.8) is 0 Å². The van der Waals surface area contributed by atoms with E-state index >= 15 is 0 Å². The molecule has 5 nitrogen and oxygen atoms in total. The van der Waals surface area contributed by atoms with Crippen molar-refractivity contribution in [3.8, 4) is 0 Å². The van der Waals surface area contributed by atoms with E-state index in [0.29, 0.717) is 17.2 Å². The maximum absolute atomic E-state index is 12.4. The molecule has 1 unspecified atom stereocenters. The number of carbonyl (C=O) groups is 2. The fourth-order valence-corrected chi connectivity index (χ4v) is 3.21. The number of carbonyl (C=O) groups excluding carboxylic acids is 2. The van der Waals surface area contributed by atoms with Gasteiger partial charge < -0.3 is 5.32 Å². The van der Waals surface area contributed by atoms with Gasteiger partial charge in [-0.05, 0) is 29.1 Å². The number of hydrazone groups is 1. The van der Waals surface area contributed by atoms with Crippen LogP contribution in [0, 0.1) is 0 Å². The molecule has 23 heavy (non-hydrogen) atoms. The Labute approximate surface area is 142 Å². The Morgan fingerprint density at radius 2 is 2.04 bits per heavy atom. The van der Waals surface area contributed by atoms with E-state index in [4.69, 9.17) is 11.6 Å². The average molecular weight is 348 g/mol. The van der Waals surface area contributed by atoms with Gasteiger partial charge in [0.05, 0.1) is 6.04 Å². The first-order valence-electron chi connectivity index (χ1n) is 7.08. The van der Waals surface area contributed by atoms with Crippen molar-refractivity contribution in [2.24, 2.45) is 5.10 Å². The molecule has 1 aromatic carbocycles. The lowest BCUT2D eigenvalue weighted by molar-refractivity contribution is -0.121. The molecule has 0 saturated heterocycles. The first kappa shape index (κ1) is 15.7. The summed E-state index contributed by atoms with van der Waals surface area (Å²) in [6, 6.07) is 11.0. The average Bonchev–Trinajstić information content (AvgIpc) is 3.08. The summed E-state index contributed by atoms with van der Waals surface area (Å²) >= 11 is 7.50. The van der Waals surface area contributed by atoms with Crippen LogP contribution in [0.3, 0.4) is 0 Å². The molecular weight excluding hydrogens is 334 g/mol. The summed E-state index contributed by atoms with van der Waals surface area (Å²) in [6.07, 6.45) is 0.617. The van der Waals surface area contributed by atoms with Crippen molar-refractivity contribution < 1.29 is 9.59 Å². The molecule has 1 aliphatic rings. The van der Waals surface area contributed by atoms with E-state index < -0.39 is 0 Å². The van der Waals surface area contributed by atoms with Gasteiger partial charge >= 0.3 is 0 Å². The molecule has 1 aromatic heterocycles. The van der Waals surface area contributed by atoms with E-state index in [2.05, 4.69) is 15.8 Å². The Hall–Kier alpha value is -2.18. The molecule has 2 N–H and O–H groups in total. The normalized spacial score (nSPS) is 15.5. The van der Waals surface area contributed by atoms with Crippen LogP contribution in [0.25, 0.3) is 0 Å². The highest BCUT2D eigenvalue weighted by Crippen LogP contribution is 2.27. The van der Waals surface area contributed by atoms with Crippen LogP contribution in [-0.4, -0.2) is 17.5 Å². The molecule has 0 bridgehead atoms. The van der Waals surface area contributed by atoms with Gasteiger partial charge in [0.15, 0.2) is 0 Å². The number of amides is 2. The van der Waals surface area contributed by atoms with Crippen LogP contribution in [0.2, 0.25) is 5.02 Å². The predicted molar refractivity (Wildman–Crippen MR) is 90.6 cm³/mol. The Balaban J connectivity index is 1.83. The molecule has 2 amide bonds. The molecule has 0 saturated carbocycles. The number of nitrogens with zero attached hydrogens (tertiary/aromatic N) is 1. The number of thiophene rings is 1. The second-order valence-corrected chi connectivity index (χ2v) is 6.48. The van der Waals surface area contributed by atoms with Gasteiger partial charge in [-0.15, -0.1) is 11.3 Å². The molecule has 2 aromatic rings. The van der Waals surface area contributed by atoms with Gasteiger partial charge in [0.1, 0.15) is 5.71 Å². The molecule has 1 atom stereocenters. The summed E-state index contributed by atoms with van der Waals surface area (Å²) in [5.41, 5.74) is 3.61. The van der Waals surface area contributed by atoms with Crippen LogP contribution in [0.15, 0.2) is 46.9 Å². The van der Waals surface area contributed by atoms with Gasteiger partial charge in [0, 0.05) is 22.7 Å². The van der Waals surface area contributed by atoms with E-state index in [1.807, 2.05) is 29.6 Å². The molecular formula is C16H14ClN3O2S. The van der Waals surface area contributed by atoms with Gasteiger partial charge in [-0.3, -0.25) is 9.59 Å². The number of hydrogen-bond donors (Lipinski definition) is 2. The third-order valence-corrected chi connectivity index (χ3v) is 4.66. The topological polar surface area (TPSA) is 70.6 Å². The van der Waals surface area contributed by atoms with Gasteiger partial charge in [-0.25, -0.2) is 5.43 Å². The number of halogens is 1. The standard InChI is InChI=1S/C16H14ClN3O2S/c17-11-5-3-10(4-6-11)15(13-2-1-9-23-13)18-16(22)12-7-8-14(21)20-19-12/h1-6,9,15H,7-8H2,(H,18,22)(H,20,21). The Bertz CT molecular complexity index is 741. The van der Waals surface area contributed by atoms with E-state index in [-0.39, 0.29) is 24.3 Å². The minimum absolute atomic E-state index is 0.172. The summed E-state index contributed by atoms with van der Waals surface area (Å²) < 4.78 is 0. The molecule has 1 aliphatic heterocycles. The molecule has 0 spiro atoms. The summed E-state index contributed by atoms with van der Waals surface area (Å²) in [7, 11) is 0. The highest BCUT2D eigenvalue weighted by Gasteiger charge is 2.23. The lowest BCUT2D eigenvalue weighted by Gasteiger charge is -2.20. The van der Waals surface area contributed by atoms with Crippen molar-refractivity contribution >= 4 is 40.5 Å². The fraction of sp³-hybridized carbons (Fsp3) is 0.188. The minimum atomic E-state index is -0.279. The van der Waals surface area contributed by atoms with Crippen LogP contribution in [0.5, 0.6) is 0 Å². The molecule has 2 heterocycles. The van der Waals surface area contributed by atoms with E-state index in [9.17, 15) is 9.59 Å². The fourth-order valence-electron chi connectivity index (χ4n) is 2.28. The van der Waals surface area contributed by atoms with Crippen molar-refractivity contribution in [1.82, 2.24) is 10.7 Å². The minimum Gasteiger partial charge on any atom is -0.339 e. The summed E-state index contributed by atoms with van der Waals surface area (Å²) in [4.78, 5) is 24.6. The molecule has 0 aliphatic carbocycles. The van der Waals surface area contributed by atoms with E-state index in [1.54, 1.807) is 23.5 Å². The van der Waals surface area contributed by atoms with Crippen molar-refractivity contribution in [2.75, 3.05) is 0 Å². The Morgan fingerprint density at radius 1 is 1.26 bits per heavy atom. The van der Waals surface area contributed by atoms with Crippen LogP contribution in [0.4, 0.5) is 0 Å². The smallest absolute Gasteiger partial charge is 0.268 e. The zero-order valence-electron chi connectivity index (χ0n) is 12.1. The number of hydrogen-bond acceptors (Lipinski definition) is 4. The number of rotatable bonds is 4. The third-order valence-electron chi connectivity index (χ3n) is 3.47. The second kappa shape index (κ2) is 6.93. The van der Waals surface area contributed by atoms with Crippen LogP contribution >= 0.6 is 22.9 Å². The molecule has 7 heteroatoms. The summed E-state index contributed by atoms with van der Waals surface area (Å²) in [5, 5.41) is 9.43. The zero-order chi connectivity index (χ0) is 16.2. The molecule has 0 radical (unpaired) electrons. The van der Waals surface area contributed by atoms with Crippen LogP contribution in [0.1, 0.15) is 29.3 Å². The predicted octanol–water partition coefficient (Wildman–Crippen LogP) is 2.87. The van der Waals surface area contributed by atoms with Gasteiger partial charge in [-0.1, -0.05) is 29.8 Å². The summed E-state index contributed by atoms with van der Waals surface area (Å²) in [6.45, 7) is 0.